The minimum absolute atomic E-state index is 0.0663. The number of nitrogens with one attached hydrogen (secondary N) is 1. The topological polar surface area (TPSA) is 90.1 Å². The van der Waals surface area contributed by atoms with Crippen molar-refractivity contribution in [3.05, 3.63) is 75.1 Å². The van der Waals surface area contributed by atoms with Crippen LogP contribution in [0, 0.1) is 24.0 Å². The first-order valence-corrected chi connectivity index (χ1v) is 10.0. The van der Waals surface area contributed by atoms with Gasteiger partial charge in [-0.1, -0.05) is 35.5 Å². The number of nitro groups is 1. The summed E-state index contributed by atoms with van der Waals surface area (Å²) in [5.41, 5.74) is 1.22. The van der Waals surface area contributed by atoms with Crippen LogP contribution >= 0.6 is 23.4 Å². The van der Waals surface area contributed by atoms with E-state index in [0.29, 0.717) is 16.4 Å². The van der Waals surface area contributed by atoms with Gasteiger partial charge in [0, 0.05) is 14.8 Å². The van der Waals surface area contributed by atoms with Gasteiger partial charge in [0.1, 0.15) is 17.4 Å². The van der Waals surface area contributed by atoms with Gasteiger partial charge in [0.2, 0.25) is 5.91 Å². The lowest BCUT2D eigenvalue weighted by atomic mass is 10.2. The van der Waals surface area contributed by atoms with Crippen molar-refractivity contribution in [2.24, 2.45) is 0 Å². The van der Waals surface area contributed by atoms with Gasteiger partial charge >= 0.3 is 5.69 Å². The van der Waals surface area contributed by atoms with Crippen LogP contribution in [0.2, 0.25) is 5.02 Å². The van der Waals surface area contributed by atoms with Gasteiger partial charge in [0.05, 0.1) is 10.6 Å². The van der Waals surface area contributed by atoms with E-state index in [0.717, 1.165) is 9.79 Å². The van der Waals surface area contributed by atoms with Crippen LogP contribution in [0.25, 0.3) is 0 Å². The molecule has 9 heteroatoms. The van der Waals surface area contributed by atoms with Gasteiger partial charge in [-0.05, 0) is 57.2 Å². The molecule has 0 saturated heterocycles. The molecular formula is C20H19ClN4O3S. The third-order valence-corrected chi connectivity index (χ3v) is 5.74. The fourth-order valence-corrected chi connectivity index (χ4v) is 3.96. The molecule has 1 unspecified atom stereocenters. The third kappa shape index (κ3) is 4.60. The molecule has 0 aliphatic rings. The van der Waals surface area contributed by atoms with Gasteiger partial charge in [0.25, 0.3) is 0 Å². The Morgan fingerprint density at radius 3 is 2.48 bits per heavy atom. The number of benzene rings is 2. The molecule has 150 valence electrons. The number of para-hydroxylation sites is 1. The van der Waals surface area contributed by atoms with Crippen LogP contribution in [0.3, 0.4) is 0 Å². The lowest BCUT2D eigenvalue weighted by Gasteiger charge is -2.16. The highest BCUT2D eigenvalue weighted by atomic mass is 35.5. The number of carbonyl (C=O) groups excluding carboxylic acids is 1. The van der Waals surface area contributed by atoms with Gasteiger partial charge < -0.3 is 5.32 Å². The monoisotopic (exact) mass is 430 g/mol. The van der Waals surface area contributed by atoms with Crippen LogP contribution in [0.15, 0.2) is 58.3 Å². The minimum Gasteiger partial charge on any atom is -0.323 e. The second-order valence-electron chi connectivity index (χ2n) is 6.44. The quantitative estimate of drug-likeness (QED) is 0.417. The Labute approximate surface area is 177 Å². The van der Waals surface area contributed by atoms with E-state index in [1.54, 1.807) is 20.8 Å². The van der Waals surface area contributed by atoms with Crippen LogP contribution in [0.5, 0.6) is 0 Å². The van der Waals surface area contributed by atoms with Gasteiger partial charge in [0.15, 0.2) is 0 Å². The summed E-state index contributed by atoms with van der Waals surface area (Å²) in [7, 11) is 0. The lowest BCUT2D eigenvalue weighted by molar-refractivity contribution is -0.386. The first-order chi connectivity index (χ1) is 13.8. The number of rotatable bonds is 6. The fourth-order valence-electron chi connectivity index (χ4n) is 2.93. The molecule has 0 fully saturated rings. The molecule has 0 aliphatic heterocycles. The molecule has 29 heavy (non-hydrogen) atoms. The molecule has 1 aromatic heterocycles. The molecule has 3 aromatic rings. The summed E-state index contributed by atoms with van der Waals surface area (Å²) in [5, 5.41) is 19.0. The Bertz CT molecular complexity index is 1070. The summed E-state index contributed by atoms with van der Waals surface area (Å²) in [6.07, 6.45) is 0. The predicted molar refractivity (Wildman–Crippen MR) is 114 cm³/mol. The lowest BCUT2D eigenvalue weighted by Crippen LogP contribution is -2.25. The molecule has 0 radical (unpaired) electrons. The number of amides is 1. The number of aryl methyl sites for hydroxylation is 1. The zero-order valence-electron chi connectivity index (χ0n) is 16.0. The average Bonchev–Trinajstić information content (AvgIpc) is 2.98. The highest BCUT2D eigenvalue weighted by molar-refractivity contribution is 7.99. The van der Waals surface area contributed by atoms with Crippen molar-refractivity contribution in [2.75, 3.05) is 5.32 Å². The number of nitrogens with zero attached hydrogens (tertiary/aromatic N) is 3. The van der Waals surface area contributed by atoms with Gasteiger partial charge in [-0.25, -0.2) is 0 Å². The first-order valence-electron chi connectivity index (χ1n) is 8.81. The number of hydrogen-bond acceptors (Lipinski definition) is 5. The van der Waals surface area contributed by atoms with Crippen molar-refractivity contribution in [2.45, 2.75) is 36.6 Å². The summed E-state index contributed by atoms with van der Waals surface area (Å²) >= 11 is 7.44. The van der Waals surface area contributed by atoms with Gasteiger partial charge in [-0.2, -0.15) is 5.10 Å². The minimum atomic E-state index is -0.712. The van der Waals surface area contributed by atoms with E-state index >= 15 is 0 Å². The summed E-state index contributed by atoms with van der Waals surface area (Å²) < 4.78 is 1.39. The standard InChI is InChI=1S/C20H19ClN4O3S/c1-12-19(25(27)28)13(2)24(23-12)14(3)20(26)22-17-6-4-5-7-18(17)29-16-10-8-15(21)9-11-16/h4-11,14H,1-3H3,(H,22,26). The van der Waals surface area contributed by atoms with Crippen molar-refractivity contribution in [1.82, 2.24) is 9.78 Å². The highest BCUT2D eigenvalue weighted by Crippen LogP contribution is 2.34. The Morgan fingerprint density at radius 2 is 1.86 bits per heavy atom. The molecule has 1 atom stereocenters. The van der Waals surface area contributed by atoms with E-state index in [9.17, 15) is 14.9 Å². The molecule has 0 aliphatic carbocycles. The van der Waals surface area contributed by atoms with Crippen molar-refractivity contribution >= 4 is 40.6 Å². The predicted octanol–water partition coefficient (Wildman–Crippen LogP) is 5.41. The molecule has 2 aromatic carbocycles. The summed E-state index contributed by atoms with van der Waals surface area (Å²) in [6.45, 7) is 4.81. The van der Waals surface area contributed by atoms with Crippen molar-refractivity contribution < 1.29 is 9.72 Å². The molecule has 7 nitrogen and oxygen atoms in total. The van der Waals surface area contributed by atoms with Crippen LogP contribution in [0.1, 0.15) is 24.4 Å². The van der Waals surface area contributed by atoms with Crippen LogP contribution in [0.4, 0.5) is 11.4 Å². The second kappa shape index (κ2) is 8.67. The molecule has 1 heterocycles. The average molecular weight is 431 g/mol. The van der Waals surface area contributed by atoms with Gasteiger partial charge in [-0.3, -0.25) is 19.6 Å². The highest BCUT2D eigenvalue weighted by Gasteiger charge is 2.27. The van der Waals surface area contributed by atoms with E-state index in [-0.39, 0.29) is 17.3 Å². The van der Waals surface area contributed by atoms with Crippen molar-refractivity contribution in [1.29, 1.82) is 0 Å². The largest absolute Gasteiger partial charge is 0.323 e. The molecule has 1 amide bonds. The summed E-state index contributed by atoms with van der Waals surface area (Å²) in [5.74, 6) is -0.311. The third-order valence-electron chi connectivity index (χ3n) is 4.40. The van der Waals surface area contributed by atoms with Crippen molar-refractivity contribution in [3.63, 3.8) is 0 Å². The number of anilines is 1. The zero-order chi connectivity index (χ0) is 21.1. The van der Waals surface area contributed by atoms with Crippen LogP contribution < -0.4 is 5.32 Å². The second-order valence-corrected chi connectivity index (χ2v) is 7.99. The van der Waals surface area contributed by atoms with Gasteiger partial charge in [-0.15, -0.1) is 0 Å². The molecule has 1 N–H and O–H groups in total. The van der Waals surface area contributed by atoms with Crippen LogP contribution in [-0.4, -0.2) is 20.6 Å². The molecule has 0 spiro atoms. The number of carbonyl (C=O) groups is 1. The number of hydrogen-bond donors (Lipinski definition) is 1. The Kier molecular flexibility index (Phi) is 6.24. The summed E-state index contributed by atoms with van der Waals surface area (Å²) in [6, 6.07) is 14.2. The maximum Gasteiger partial charge on any atom is 0.312 e. The molecule has 0 saturated carbocycles. The fraction of sp³-hybridized carbons (Fsp3) is 0.200. The maximum atomic E-state index is 12.8. The molecule has 0 bridgehead atoms. The smallest absolute Gasteiger partial charge is 0.312 e. The Morgan fingerprint density at radius 1 is 1.21 bits per heavy atom. The molecule has 3 rings (SSSR count). The number of halogens is 1. The molecular weight excluding hydrogens is 412 g/mol. The summed E-state index contributed by atoms with van der Waals surface area (Å²) in [4.78, 5) is 25.4. The maximum absolute atomic E-state index is 12.8. The van der Waals surface area contributed by atoms with E-state index in [4.69, 9.17) is 11.6 Å². The number of aromatic nitrogens is 2. The normalized spacial score (nSPS) is 11.9. The van der Waals surface area contributed by atoms with E-state index in [1.807, 2.05) is 48.5 Å². The van der Waals surface area contributed by atoms with E-state index in [1.165, 1.54) is 16.4 Å². The first kappa shape index (κ1) is 20.9. The van der Waals surface area contributed by atoms with Crippen LogP contribution in [-0.2, 0) is 4.79 Å². The SMILES string of the molecule is Cc1nn(C(C)C(=O)Nc2ccccc2Sc2ccc(Cl)cc2)c(C)c1[N+](=O)[O-]. The Balaban J connectivity index is 1.81. The zero-order valence-corrected chi connectivity index (χ0v) is 17.6. The Hall–Kier alpha value is -2.84. The van der Waals surface area contributed by atoms with E-state index < -0.39 is 11.0 Å². The van der Waals surface area contributed by atoms with E-state index in [2.05, 4.69) is 10.4 Å². The van der Waals surface area contributed by atoms with Crippen molar-refractivity contribution in [3.8, 4) is 0 Å².